The van der Waals surface area contributed by atoms with E-state index in [1.54, 1.807) is 0 Å². The monoisotopic (exact) mass is 290 g/mol. The highest BCUT2D eigenvalue weighted by molar-refractivity contribution is 5.38. The number of ether oxygens (including phenoxy) is 1. The van der Waals surface area contributed by atoms with Crippen LogP contribution >= 0.6 is 0 Å². The lowest BCUT2D eigenvalue weighted by atomic mass is 9.84. The highest BCUT2D eigenvalue weighted by atomic mass is 16.5. The minimum absolute atomic E-state index is 0.707. The molecule has 2 unspecified atom stereocenters. The van der Waals surface area contributed by atoms with E-state index in [-0.39, 0.29) is 0 Å². The van der Waals surface area contributed by atoms with Crippen molar-refractivity contribution in [2.75, 3.05) is 6.61 Å². The van der Waals surface area contributed by atoms with Gasteiger partial charge in [-0.3, -0.25) is 0 Å². The molecule has 1 aliphatic carbocycles. The van der Waals surface area contributed by atoms with Crippen LogP contribution < -0.4 is 4.74 Å². The molecule has 1 fully saturated rings. The van der Waals surface area contributed by atoms with Gasteiger partial charge in [0.05, 0.1) is 12.2 Å². The Hall–Kier alpha value is -1.02. The zero-order chi connectivity index (χ0) is 15.3. The SMILES string of the molecule is CCCOc1ccccc1C1(O)CCCC(C(C)C)CC1. The Balaban J connectivity index is 2.19. The average Bonchev–Trinajstić information content (AvgIpc) is 2.68. The van der Waals surface area contributed by atoms with Gasteiger partial charge in [-0.25, -0.2) is 0 Å². The molecule has 1 aliphatic rings. The minimum atomic E-state index is -0.714. The molecule has 21 heavy (non-hydrogen) atoms. The van der Waals surface area contributed by atoms with Crippen LogP contribution in [0.4, 0.5) is 0 Å². The van der Waals surface area contributed by atoms with Crippen LogP contribution in [0.2, 0.25) is 0 Å². The summed E-state index contributed by atoms with van der Waals surface area (Å²) in [7, 11) is 0. The van der Waals surface area contributed by atoms with Gasteiger partial charge < -0.3 is 9.84 Å². The second kappa shape index (κ2) is 7.31. The van der Waals surface area contributed by atoms with Crippen molar-refractivity contribution in [2.24, 2.45) is 11.8 Å². The summed E-state index contributed by atoms with van der Waals surface area (Å²) >= 11 is 0. The lowest BCUT2D eigenvalue weighted by Crippen LogP contribution is -2.26. The van der Waals surface area contributed by atoms with Gasteiger partial charge in [0.1, 0.15) is 5.75 Å². The number of para-hydroxylation sites is 1. The van der Waals surface area contributed by atoms with E-state index in [1.165, 1.54) is 6.42 Å². The zero-order valence-corrected chi connectivity index (χ0v) is 13.8. The first-order valence-electron chi connectivity index (χ1n) is 8.51. The normalized spacial score (nSPS) is 26.6. The van der Waals surface area contributed by atoms with Gasteiger partial charge in [0, 0.05) is 5.56 Å². The topological polar surface area (TPSA) is 29.5 Å². The molecule has 1 aromatic rings. The van der Waals surface area contributed by atoms with Crippen molar-refractivity contribution in [2.45, 2.75) is 64.9 Å². The lowest BCUT2D eigenvalue weighted by molar-refractivity contribution is 0.0163. The number of aliphatic hydroxyl groups is 1. The molecule has 1 aromatic carbocycles. The van der Waals surface area contributed by atoms with Gasteiger partial charge in [-0.1, -0.05) is 45.4 Å². The van der Waals surface area contributed by atoms with Crippen molar-refractivity contribution in [1.29, 1.82) is 0 Å². The third kappa shape index (κ3) is 4.00. The van der Waals surface area contributed by atoms with Gasteiger partial charge in [0.2, 0.25) is 0 Å². The van der Waals surface area contributed by atoms with Crippen LogP contribution in [0.5, 0.6) is 5.75 Å². The van der Waals surface area contributed by atoms with Crippen LogP contribution in [0, 0.1) is 11.8 Å². The third-order valence-electron chi connectivity index (χ3n) is 4.89. The Labute approximate surface area is 129 Å². The summed E-state index contributed by atoms with van der Waals surface area (Å²) in [4.78, 5) is 0. The molecule has 1 N–H and O–H groups in total. The standard InChI is InChI=1S/C19H30O2/c1-4-14-21-18-10-6-5-9-17(18)19(20)12-7-8-16(11-13-19)15(2)3/h5-6,9-10,15-16,20H,4,7-8,11-14H2,1-3H3. The molecule has 2 atom stereocenters. The molecule has 0 aliphatic heterocycles. The van der Waals surface area contributed by atoms with Crippen LogP contribution in [0.1, 0.15) is 64.9 Å². The Bertz CT molecular complexity index is 441. The van der Waals surface area contributed by atoms with Crippen LogP contribution in [0.15, 0.2) is 24.3 Å². The maximum absolute atomic E-state index is 11.2. The predicted molar refractivity (Wildman–Crippen MR) is 87.5 cm³/mol. The van der Waals surface area contributed by atoms with E-state index in [0.717, 1.165) is 49.3 Å². The molecular formula is C19H30O2. The van der Waals surface area contributed by atoms with E-state index in [2.05, 4.69) is 20.8 Å². The van der Waals surface area contributed by atoms with Crippen molar-refractivity contribution in [3.8, 4) is 5.75 Å². The van der Waals surface area contributed by atoms with Crippen molar-refractivity contribution in [3.63, 3.8) is 0 Å². The smallest absolute Gasteiger partial charge is 0.125 e. The second-order valence-corrected chi connectivity index (χ2v) is 6.81. The van der Waals surface area contributed by atoms with E-state index in [1.807, 2.05) is 24.3 Å². The number of rotatable bonds is 5. The highest BCUT2D eigenvalue weighted by Crippen LogP contribution is 2.42. The first-order chi connectivity index (χ1) is 10.1. The van der Waals surface area contributed by atoms with Gasteiger partial charge in [-0.2, -0.15) is 0 Å². The highest BCUT2D eigenvalue weighted by Gasteiger charge is 2.35. The van der Waals surface area contributed by atoms with Crippen molar-refractivity contribution < 1.29 is 9.84 Å². The van der Waals surface area contributed by atoms with E-state index < -0.39 is 5.60 Å². The quantitative estimate of drug-likeness (QED) is 0.782. The average molecular weight is 290 g/mol. The van der Waals surface area contributed by atoms with Crippen LogP contribution in [0.25, 0.3) is 0 Å². The molecule has 0 heterocycles. The fraction of sp³-hybridized carbons (Fsp3) is 0.684. The number of benzene rings is 1. The van der Waals surface area contributed by atoms with E-state index in [0.29, 0.717) is 12.5 Å². The molecule has 0 spiro atoms. The first kappa shape index (κ1) is 16.4. The lowest BCUT2D eigenvalue weighted by Gasteiger charge is -2.29. The van der Waals surface area contributed by atoms with Crippen LogP contribution in [-0.2, 0) is 5.60 Å². The summed E-state index contributed by atoms with van der Waals surface area (Å²) in [5.74, 6) is 2.31. The Morgan fingerprint density at radius 2 is 2.00 bits per heavy atom. The van der Waals surface area contributed by atoms with E-state index in [9.17, 15) is 5.11 Å². The molecule has 0 saturated heterocycles. The predicted octanol–water partition coefficient (Wildman–Crippen LogP) is 4.90. The van der Waals surface area contributed by atoms with Gasteiger partial charge >= 0.3 is 0 Å². The number of hydrogen-bond donors (Lipinski definition) is 1. The van der Waals surface area contributed by atoms with Crippen molar-refractivity contribution in [1.82, 2.24) is 0 Å². The van der Waals surface area contributed by atoms with E-state index >= 15 is 0 Å². The Morgan fingerprint density at radius 3 is 2.71 bits per heavy atom. The molecule has 0 amide bonds. The first-order valence-corrected chi connectivity index (χ1v) is 8.51. The summed E-state index contributed by atoms with van der Waals surface area (Å²) in [5, 5.41) is 11.2. The summed E-state index contributed by atoms with van der Waals surface area (Å²) < 4.78 is 5.86. The largest absolute Gasteiger partial charge is 0.493 e. The zero-order valence-electron chi connectivity index (χ0n) is 13.8. The van der Waals surface area contributed by atoms with Gasteiger partial charge in [-0.15, -0.1) is 0 Å². The molecule has 2 rings (SSSR count). The summed E-state index contributed by atoms with van der Waals surface area (Å²) in [6.07, 6.45) is 6.13. The summed E-state index contributed by atoms with van der Waals surface area (Å²) in [6.45, 7) is 7.42. The third-order valence-corrected chi connectivity index (χ3v) is 4.89. The Kier molecular flexibility index (Phi) is 5.69. The second-order valence-electron chi connectivity index (χ2n) is 6.81. The van der Waals surface area contributed by atoms with Gasteiger partial charge in [0.25, 0.3) is 0 Å². The molecular weight excluding hydrogens is 260 g/mol. The Morgan fingerprint density at radius 1 is 1.24 bits per heavy atom. The van der Waals surface area contributed by atoms with Crippen molar-refractivity contribution in [3.05, 3.63) is 29.8 Å². The molecule has 0 aromatic heterocycles. The van der Waals surface area contributed by atoms with E-state index in [4.69, 9.17) is 4.74 Å². The molecule has 2 heteroatoms. The fourth-order valence-electron chi connectivity index (χ4n) is 3.48. The number of hydrogen-bond acceptors (Lipinski definition) is 2. The maximum Gasteiger partial charge on any atom is 0.125 e. The summed E-state index contributed by atoms with van der Waals surface area (Å²) in [6, 6.07) is 8.04. The molecule has 1 saturated carbocycles. The van der Waals surface area contributed by atoms with Crippen LogP contribution in [0.3, 0.4) is 0 Å². The summed E-state index contributed by atoms with van der Waals surface area (Å²) in [5.41, 5.74) is 0.274. The molecule has 0 radical (unpaired) electrons. The van der Waals surface area contributed by atoms with Gasteiger partial charge in [-0.05, 0) is 50.0 Å². The van der Waals surface area contributed by atoms with Crippen molar-refractivity contribution >= 4 is 0 Å². The van der Waals surface area contributed by atoms with Crippen LogP contribution in [-0.4, -0.2) is 11.7 Å². The van der Waals surface area contributed by atoms with Gasteiger partial charge in [0.15, 0.2) is 0 Å². The fourth-order valence-corrected chi connectivity index (χ4v) is 3.48. The molecule has 118 valence electrons. The molecule has 2 nitrogen and oxygen atoms in total. The minimum Gasteiger partial charge on any atom is -0.493 e. The maximum atomic E-state index is 11.2. The molecule has 0 bridgehead atoms.